The molecule has 0 aliphatic carbocycles. The Balaban J connectivity index is 1.48. The number of thioether (sulfide) groups is 1. The summed E-state index contributed by atoms with van der Waals surface area (Å²) >= 11 is 7.87. The van der Waals surface area contributed by atoms with E-state index in [4.69, 9.17) is 11.6 Å². The maximum absolute atomic E-state index is 5.88. The maximum atomic E-state index is 5.88. The number of nitrogens with one attached hydrogen (secondary N) is 1. The van der Waals surface area contributed by atoms with E-state index in [1.54, 1.807) is 0 Å². The lowest BCUT2D eigenvalue weighted by molar-refractivity contribution is 0.665. The zero-order valence-corrected chi connectivity index (χ0v) is 12.2. The lowest BCUT2D eigenvalue weighted by Gasteiger charge is -2.10. The number of fused-ring (bicyclic) bond motifs is 1. The van der Waals surface area contributed by atoms with Gasteiger partial charge in [-0.15, -0.1) is 11.8 Å². The van der Waals surface area contributed by atoms with Gasteiger partial charge in [0.1, 0.15) is 0 Å². The van der Waals surface area contributed by atoms with E-state index in [1.165, 1.54) is 22.4 Å². The second kappa shape index (κ2) is 6.00. The number of rotatable bonds is 4. The average molecular weight is 290 g/mol. The SMILES string of the molecule is Clc1ccc(CNCC2Cc3ccccc3S2)cc1. The fourth-order valence-corrected chi connectivity index (χ4v) is 3.76. The van der Waals surface area contributed by atoms with Crippen molar-refractivity contribution in [3.8, 4) is 0 Å². The van der Waals surface area contributed by atoms with Gasteiger partial charge in [-0.2, -0.15) is 0 Å². The minimum atomic E-state index is 0.657. The van der Waals surface area contributed by atoms with Crippen molar-refractivity contribution in [2.45, 2.75) is 23.1 Å². The van der Waals surface area contributed by atoms with Gasteiger partial charge in [0.2, 0.25) is 0 Å². The van der Waals surface area contributed by atoms with Crippen LogP contribution in [0.4, 0.5) is 0 Å². The summed E-state index contributed by atoms with van der Waals surface area (Å²) in [4.78, 5) is 1.45. The molecular formula is C16H16ClNS. The molecule has 3 rings (SSSR count). The Kier molecular flexibility index (Phi) is 4.12. The summed E-state index contributed by atoms with van der Waals surface area (Å²) in [6, 6.07) is 16.7. The molecule has 19 heavy (non-hydrogen) atoms. The van der Waals surface area contributed by atoms with Gasteiger partial charge in [-0.1, -0.05) is 41.9 Å². The lowest BCUT2D eigenvalue weighted by atomic mass is 10.1. The summed E-state index contributed by atoms with van der Waals surface area (Å²) in [7, 11) is 0. The van der Waals surface area contributed by atoms with Crippen molar-refractivity contribution >= 4 is 23.4 Å². The molecule has 2 aromatic rings. The van der Waals surface area contributed by atoms with Crippen LogP contribution in [0.15, 0.2) is 53.4 Å². The minimum absolute atomic E-state index is 0.657. The van der Waals surface area contributed by atoms with Gasteiger partial charge in [-0.25, -0.2) is 0 Å². The highest BCUT2D eigenvalue weighted by molar-refractivity contribution is 8.00. The van der Waals surface area contributed by atoms with Gasteiger partial charge in [0.05, 0.1) is 0 Å². The van der Waals surface area contributed by atoms with Gasteiger partial charge in [-0.05, 0) is 35.7 Å². The lowest BCUT2D eigenvalue weighted by Crippen LogP contribution is -2.23. The molecule has 0 bridgehead atoms. The Bertz CT molecular complexity index is 528. The van der Waals surface area contributed by atoms with E-state index in [9.17, 15) is 0 Å². The quantitative estimate of drug-likeness (QED) is 0.907. The Morgan fingerprint density at radius 1 is 1.11 bits per heavy atom. The third-order valence-corrected chi connectivity index (χ3v) is 4.90. The molecular weight excluding hydrogens is 274 g/mol. The largest absolute Gasteiger partial charge is 0.312 e. The molecule has 0 fully saturated rings. The molecule has 1 unspecified atom stereocenters. The second-order valence-electron chi connectivity index (χ2n) is 4.81. The van der Waals surface area contributed by atoms with Crippen molar-refractivity contribution in [3.05, 3.63) is 64.7 Å². The molecule has 0 saturated heterocycles. The first kappa shape index (κ1) is 13.0. The number of benzene rings is 2. The third-order valence-electron chi connectivity index (χ3n) is 3.33. The average Bonchev–Trinajstić information content (AvgIpc) is 2.83. The van der Waals surface area contributed by atoms with Crippen LogP contribution in [0.2, 0.25) is 5.02 Å². The maximum Gasteiger partial charge on any atom is 0.0406 e. The van der Waals surface area contributed by atoms with Crippen LogP contribution in [-0.2, 0) is 13.0 Å². The summed E-state index contributed by atoms with van der Waals surface area (Å²) in [6.07, 6.45) is 1.18. The van der Waals surface area contributed by atoms with E-state index in [0.717, 1.165) is 18.1 Å². The fraction of sp³-hybridized carbons (Fsp3) is 0.250. The minimum Gasteiger partial charge on any atom is -0.312 e. The summed E-state index contributed by atoms with van der Waals surface area (Å²) in [5.74, 6) is 0. The highest BCUT2D eigenvalue weighted by Crippen LogP contribution is 2.36. The highest BCUT2D eigenvalue weighted by Gasteiger charge is 2.20. The summed E-state index contributed by atoms with van der Waals surface area (Å²) < 4.78 is 0. The molecule has 1 heterocycles. The van der Waals surface area contributed by atoms with E-state index in [2.05, 4.69) is 41.7 Å². The van der Waals surface area contributed by atoms with Crippen LogP contribution < -0.4 is 5.32 Å². The van der Waals surface area contributed by atoms with E-state index >= 15 is 0 Å². The highest BCUT2D eigenvalue weighted by atomic mass is 35.5. The van der Waals surface area contributed by atoms with Crippen molar-refractivity contribution in [2.75, 3.05) is 6.54 Å². The van der Waals surface area contributed by atoms with Gasteiger partial charge in [0.25, 0.3) is 0 Å². The Morgan fingerprint density at radius 2 is 1.89 bits per heavy atom. The molecule has 1 N–H and O–H groups in total. The van der Waals surface area contributed by atoms with E-state index in [1.807, 2.05) is 23.9 Å². The van der Waals surface area contributed by atoms with E-state index < -0.39 is 0 Å². The molecule has 98 valence electrons. The Morgan fingerprint density at radius 3 is 2.68 bits per heavy atom. The topological polar surface area (TPSA) is 12.0 Å². The molecule has 1 nitrogen and oxygen atoms in total. The molecule has 0 aromatic heterocycles. The molecule has 1 aliphatic heterocycles. The van der Waals surface area contributed by atoms with Gasteiger partial charge < -0.3 is 5.32 Å². The molecule has 2 aromatic carbocycles. The van der Waals surface area contributed by atoms with Crippen molar-refractivity contribution in [2.24, 2.45) is 0 Å². The molecule has 0 saturated carbocycles. The first-order valence-corrected chi connectivity index (χ1v) is 7.77. The first-order valence-electron chi connectivity index (χ1n) is 6.51. The fourth-order valence-electron chi connectivity index (χ4n) is 2.35. The number of hydrogen-bond donors (Lipinski definition) is 1. The van der Waals surface area contributed by atoms with Gasteiger partial charge in [0.15, 0.2) is 0 Å². The van der Waals surface area contributed by atoms with E-state index in [-0.39, 0.29) is 0 Å². The molecule has 1 atom stereocenters. The van der Waals surface area contributed by atoms with Crippen LogP contribution in [0.1, 0.15) is 11.1 Å². The van der Waals surface area contributed by atoms with Crippen LogP contribution in [0, 0.1) is 0 Å². The van der Waals surface area contributed by atoms with Crippen molar-refractivity contribution < 1.29 is 0 Å². The first-order chi connectivity index (χ1) is 9.31. The van der Waals surface area contributed by atoms with Crippen LogP contribution in [0.3, 0.4) is 0 Å². The normalized spacial score (nSPS) is 17.4. The Labute approximate surface area is 123 Å². The van der Waals surface area contributed by atoms with Crippen LogP contribution >= 0.6 is 23.4 Å². The van der Waals surface area contributed by atoms with Crippen LogP contribution in [0.25, 0.3) is 0 Å². The van der Waals surface area contributed by atoms with Gasteiger partial charge in [0, 0.05) is 28.3 Å². The monoisotopic (exact) mass is 289 g/mol. The smallest absolute Gasteiger partial charge is 0.0406 e. The third kappa shape index (κ3) is 3.33. The zero-order valence-electron chi connectivity index (χ0n) is 10.6. The number of halogens is 1. The summed E-state index contributed by atoms with van der Waals surface area (Å²) in [6.45, 7) is 1.95. The van der Waals surface area contributed by atoms with E-state index in [0.29, 0.717) is 5.25 Å². The van der Waals surface area contributed by atoms with Crippen LogP contribution in [-0.4, -0.2) is 11.8 Å². The number of hydrogen-bond acceptors (Lipinski definition) is 2. The summed E-state index contributed by atoms with van der Waals surface area (Å²) in [5, 5.41) is 4.99. The van der Waals surface area contributed by atoms with Crippen molar-refractivity contribution in [3.63, 3.8) is 0 Å². The van der Waals surface area contributed by atoms with Gasteiger partial charge in [-0.3, -0.25) is 0 Å². The molecule has 0 amide bonds. The molecule has 0 spiro atoms. The predicted molar refractivity (Wildman–Crippen MR) is 82.9 cm³/mol. The molecule has 1 aliphatic rings. The Hall–Kier alpha value is -0.960. The van der Waals surface area contributed by atoms with Gasteiger partial charge >= 0.3 is 0 Å². The summed E-state index contributed by atoms with van der Waals surface area (Å²) in [5.41, 5.74) is 2.77. The van der Waals surface area contributed by atoms with Crippen LogP contribution in [0.5, 0.6) is 0 Å². The predicted octanol–water partition coefficient (Wildman–Crippen LogP) is 4.15. The van der Waals surface area contributed by atoms with Crippen molar-refractivity contribution in [1.82, 2.24) is 5.32 Å². The second-order valence-corrected chi connectivity index (χ2v) is 6.59. The molecule has 3 heteroatoms. The standard InChI is InChI=1S/C16H16ClNS/c17-14-7-5-12(6-8-14)10-18-11-15-9-13-3-1-2-4-16(13)19-15/h1-8,15,18H,9-11H2. The molecule has 0 radical (unpaired) electrons. The zero-order chi connectivity index (χ0) is 13.1. The van der Waals surface area contributed by atoms with Crippen molar-refractivity contribution in [1.29, 1.82) is 0 Å².